The van der Waals surface area contributed by atoms with Crippen LogP contribution in [0.1, 0.15) is 18.8 Å². The van der Waals surface area contributed by atoms with E-state index < -0.39 is 10.0 Å². The standard InChI is InChI=1S/C11H17N7O2S/c1-7(11-14-16-17-15-11)13-10-6-8(4-5-9(10)12)21(19,20)18(2)3/h4-7,13H,12H2,1-3H3,(H,14,15,16,17). The Balaban J connectivity index is 2.32. The third-order valence-electron chi connectivity index (χ3n) is 2.92. The third-order valence-corrected chi connectivity index (χ3v) is 4.74. The highest BCUT2D eigenvalue weighted by molar-refractivity contribution is 7.89. The second-order valence-electron chi connectivity index (χ2n) is 4.67. The fourth-order valence-electron chi connectivity index (χ4n) is 1.68. The van der Waals surface area contributed by atoms with Gasteiger partial charge in [0.05, 0.1) is 22.3 Å². The summed E-state index contributed by atoms with van der Waals surface area (Å²) < 4.78 is 25.4. The van der Waals surface area contributed by atoms with E-state index in [0.29, 0.717) is 17.2 Å². The number of nitrogens with zero attached hydrogens (tertiary/aromatic N) is 4. The molecule has 21 heavy (non-hydrogen) atoms. The molecule has 0 aliphatic carbocycles. The number of benzene rings is 1. The second-order valence-corrected chi connectivity index (χ2v) is 6.82. The van der Waals surface area contributed by atoms with Gasteiger partial charge in [0, 0.05) is 14.1 Å². The molecule has 0 radical (unpaired) electrons. The average Bonchev–Trinajstić information content (AvgIpc) is 2.94. The van der Waals surface area contributed by atoms with E-state index >= 15 is 0 Å². The molecule has 4 N–H and O–H groups in total. The summed E-state index contributed by atoms with van der Waals surface area (Å²) in [7, 11) is -0.572. The van der Waals surface area contributed by atoms with Gasteiger partial charge >= 0.3 is 0 Å². The van der Waals surface area contributed by atoms with Crippen molar-refractivity contribution in [2.75, 3.05) is 25.1 Å². The van der Waals surface area contributed by atoms with Gasteiger partial charge in [-0.15, -0.1) is 10.2 Å². The van der Waals surface area contributed by atoms with Crippen molar-refractivity contribution < 1.29 is 8.42 Å². The molecular formula is C11H17N7O2S. The molecule has 0 aliphatic heterocycles. The number of aromatic amines is 1. The lowest BCUT2D eigenvalue weighted by Crippen LogP contribution is -2.22. The number of anilines is 2. The quantitative estimate of drug-likeness (QED) is 0.673. The maximum absolute atomic E-state index is 12.1. The Labute approximate surface area is 122 Å². The first-order valence-corrected chi connectivity index (χ1v) is 7.58. The SMILES string of the molecule is CC(Nc1cc(S(=O)(=O)N(C)C)ccc1N)c1nn[nH]n1. The van der Waals surface area contributed by atoms with E-state index in [9.17, 15) is 8.42 Å². The van der Waals surface area contributed by atoms with Crippen molar-refractivity contribution in [3.05, 3.63) is 24.0 Å². The first-order chi connectivity index (χ1) is 9.82. The largest absolute Gasteiger partial charge is 0.397 e. The minimum Gasteiger partial charge on any atom is -0.397 e. The lowest BCUT2D eigenvalue weighted by atomic mass is 10.2. The number of nitrogen functional groups attached to an aromatic ring is 1. The zero-order chi connectivity index (χ0) is 15.6. The summed E-state index contributed by atoms with van der Waals surface area (Å²) >= 11 is 0. The summed E-state index contributed by atoms with van der Waals surface area (Å²) in [6, 6.07) is 4.22. The van der Waals surface area contributed by atoms with Crippen molar-refractivity contribution in [1.29, 1.82) is 0 Å². The summed E-state index contributed by atoms with van der Waals surface area (Å²) in [5.74, 6) is 0.454. The van der Waals surface area contributed by atoms with Crippen molar-refractivity contribution in [2.45, 2.75) is 17.9 Å². The van der Waals surface area contributed by atoms with Gasteiger partial charge in [-0.2, -0.15) is 5.21 Å². The monoisotopic (exact) mass is 311 g/mol. The number of nitrogens with one attached hydrogen (secondary N) is 2. The Kier molecular flexibility index (Phi) is 4.09. The smallest absolute Gasteiger partial charge is 0.242 e. The Morgan fingerprint density at radius 1 is 1.38 bits per heavy atom. The van der Waals surface area contributed by atoms with E-state index in [1.54, 1.807) is 6.07 Å². The number of sulfonamides is 1. The number of nitrogens with two attached hydrogens (primary N) is 1. The van der Waals surface area contributed by atoms with E-state index in [1.165, 1.54) is 26.2 Å². The molecule has 0 fully saturated rings. The normalized spacial score (nSPS) is 13.3. The van der Waals surface area contributed by atoms with E-state index in [-0.39, 0.29) is 10.9 Å². The van der Waals surface area contributed by atoms with Gasteiger partial charge in [-0.3, -0.25) is 0 Å². The van der Waals surface area contributed by atoms with Crippen LogP contribution in [0.3, 0.4) is 0 Å². The number of tetrazole rings is 1. The highest BCUT2D eigenvalue weighted by Crippen LogP contribution is 2.26. The van der Waals surface area contributed by atoms with Crippen LogP contribution in [0.5, 0.6) is 0 Å². The van der Waals surface area contributed by atoms with Gasteiger partial charge < -0.3 is 11.1 Å². The van der Waals surface area contributed by atoms with E-state index in [2.05, 4.69) is 25.9 Å². The Hall–Kier alpha value is -2.20. The minimum absolute atomic E-state index is 0.157. The Morgan fingerprint density at radius 3 is 2.67 bits per heavy atom. The number of rotatable bonds is 5. The van der Waals surface area contributed by atoms with Gasteiger partial charge in [0.1, 0.15) is 0 Å². The molecule has 0 saturated carbocycles. The molecule has 2 rings (SSSR count). The fourth-order valence-corrected chi connectivity index (χ4v) is 2.61. The van der Waals surface area contributed by atoms with E-state index in [4.69, 9.17) is 5.73 Å². The third kappa shape index (κ3) is 3.11. The minimum atomic E-state index is -3.52. The Bertz CT molecular complexity index is 712. The maximum atomic E-state index is 12.1. The molecule has 10 heteroatoms. The molecule has 1 atom stereocenters. The first-order valence-electron chi connectivity index (χ1n) is 6.14. The van der Waals surface area contributed by atoms with Gasteiger partial charge in [-0.05, 0) is 25.1 Å². The van der Waals surface area contributed by atoms with Crippen molar-refractivity contribution in [1.82, 2.24) is 24.9 Å². The van der Waals surface area contributed by atoms with Crippen LogP contribution >= 0.6 is 0 Å². The van der Waals surface area contributed by atoms with E-state index in [1.807, 2.05) is 6.92 Å². The highest BCUT2D eigenvalue weighted by Gasteiger charge is 2.19. The van der Waals surface area contributed by atoms with Crippen LogP contribution in [0.2, 0.25) is 0 Å². The molecule has 1 aromatic heterocycles. The van der Waals surface area contributed by atoms with Crippen molar-refractivity contribution in [2.24, 2.45) is 0 Å². The Morgan fingerprint density at radius 2 is 2.10 bits per heavy atom. The van der Waals surface area contributed by atoms with Gasteiger partial charge in [0.2, 0.25) is 10.0 Å². The predicted octanol–water partition coefficient (Wildman–Crippen LogP) is 0.205. The maximum Gasteiger partial charge on any atom is 0.242 e. The summed E-state index contributed by atoms with van der Waals surface area (Å²) in [5, 5.41) is 16.6. The number of H-pyrrole nitrogens is 1. The lowest BCUT2D eigenvalue weighted by molar-refractivity contribution is 0.521. The number of hydrogen-bond acceptors (Lipinski definition) is 7. The zero-order valence-electron chi connectivity index (χ0n) is 11.9. The molecule has 9 nitrogen and oxygen atoms in total. The molecule has 0 saturated heterocycles. The van der Waals surface area contributed by atoms with Crippen LogP contribution in [0.25, 0.3) is 0 Å². The molecule has 1 heterocycles. The summed E-state index contributed by atoms with van der Waals surface area (Å²) in [5.41, 5.74) is 6.80. The summed E-state index contributed by atoms with van der Waals surface area (Å²) in [6.07, 6.45) is 0. The topological polar surface area (TPSA) is 130 Å². The molecule has 2 aromatic rings. The average molecular weight is 311 g/mol. The number of aromatic nitrogens is 4. The summed E-state index contributed by atoms with van der Waals surface area (Å²) in [4.78, 5) is 0.157. The fraction of sp³-hybridized carbons (Fsp3) is 0.364. The van der Waals surface area contributed by atoms with Crippen LogP contribution in [0.4, 0.5) is 11.4 Å². The number of hydrogen-bond donors (Lipinski definition) is 3. The van der Waals surface area contributed by atoms with Crippen LogP contribution in [0, 0.1) is 0 Å². The molecule has 1 unspecified atom stereocenters. The summed E-state index contributed by atoms with van der Waals surface area (Å²) in [6.45, 7) is 1.82. The van der Waals surface area contributed by atoms with Crippen LogP contribution in [0.15, 0.2) is 23.1 Å². The predicted molar refractivity (Wildman–Crippen MR) is 77.9 cm³/mol. The van der Waals surface area contributed by atoms with Gasteiger partial charge in [0.15, 0.2) is 5.82 Å². The van der Waals surface area contributed by atoms with Crippen molar-refractivity contribution in [3.63, 3.8) is 0 Å². The highest BCUT2D eigenvalue weighted by atomic mass is 32.2. The molecule has 0 bridgehead atoms. The van der Waals surface area contributed by atoms with Crippen molar-refractivity contribution >= 4 is 21.4 Å². The molecule has 0 amide bonds. The first kappa shape index (κ1) is 15.2. The van der Waals surface area contributed by atoms with Crippen LogP contribution in [-0.4, -0.2) is 47.4 Å². The van der Waals surface area contributed by atoms with Crippen molar-refractivity contribution in [3.8, 4) is 0 Å². The zero-order valence-corrected chi connectivity index (χ0v) is 12.7. The molecule has 0 spiro atoms. The van der Waals surface area contributed by atoms with Gasteiger partial charge in [0.25, 0.3) is 0 Å². The molecular weight excluding hydrogens is 294 g/mol. The van der Waals surface area contributed by atoms with E-state index in [0.717, 1.165) is 4.31 Å². The molecule has 0 aliphatic rings. The van der Waals surface area contributed by atoms with Crippen LogP contribution in [-0.2, 0) is 10.0 Å². The van der Waals surface area contributed by atoms with Gasteiger partial charge in [-0.25, -0.2) is 12.7 Å². The van der Waals surface area contributed by atoms with Gasteiger partial charge in [-0.1, -0.05) is 5.21 Å². The second kappa shape index (κ2) is 5.66. The molecule has 1 aromatic carbocycles. The molecule has 114 valence electrons. The van der Waals surface area contributed by atoms with Crippen LogP contribution < -0.4 is 11.1 Å². The lowest BCUT2D eigenvalue weighted by Gasteiger charge is -2.16.